The van der Waals surface area contributed by atoms with Crippen LogP contribution in [0.1, 0.15) is 10.4 Å². The van der Waals surface area contributed by atoms with Gasteiger partial charge < -0.3 is 9.64 Å². The summed E-state index contributed by atoms with van der Waals surface area (Å²) < 4.78 is 8.56. The number of nitrogens with zero attached hydrogens (tertiary/aromatic N) is 2. The highest BCUT2D eigenvalue weighted by Crippen LogP contribution is 2.23. The zero-order chi connectivity index (χ0) is 15.4. The Bertz CT molecular complexity index is 517. The number of benzene rings is 1. The monoisotopic (exact) mass is 626 g/mol. The summed E-state index contributed by atoms with van der Waals surface area (Å²) in [6, 6.07) is 3.95. The van der Waals surface area contributed by atoms with Gasteiger partial charge in [-0.3, -0.25) is 4.90 Å². The Balaban J connectivity index is 1.85. The minimum atomic E-state index is -0.218. The molecule has 1 aromatic rings. The van der Waals surface area contributed by atoms with Crippen molar-refractivity contribution in [3.63, 3.8) is 0 Å². The molecule has 21 heavy (non-hydrogen) atoms. The van der Waals surface area contributed by atoms with Crippen molar-refractivity contribution in [1.82, 2.24) is 9.80 Å². The van der Waals surface area contributed by atoms with Gasteiger partial charge in [-0.05, 0) is 87.0 Å². The number of rotatable bonds is 4. The van der Waals surface area contributed by atoms with E-state index >= 15 is 0 Å². The molecule has 1 heterocycles. The van der Waals surface area contributed by atoms with Gasteiger partial charge in [-0.2, -0.15) is 0 Å². The first-order chi connectivity index (χ1) is 9.97. The lowest BCUT2D eigenvalue weighted by Gasteiger charge is -2.32. The van der Waals surface area contributed by atoms with Crippen LogP contribution in [0.3, 0.4) is 0 Å². The second kappa shape index (κ2) is 8.60. The highest BCUT2D eigenvalue weighted by atomic mass is 127. The molecule has 4 nitrogen and oxygen atoms in total. The summed E-state index contributed by atoms with van der Waals surface area (Å²) in [5, 5.41) is 0. The molecule has 0 radical (unpaired) electrons. The molecule has 1 aliphatic heterocycles. The maximum Gasteiger partial charge on any atom is 0.339 e. The predicted molar refractivity (Wildman–Crippen MR) is 109 cm³/mol. The number of carbonyl (C=O) groups is 1. The molecule has 1 aromatic carbocycles. The Morgan fingerprint density at radius 2 is 1.86 bits per heavy atom. The van der Waals surface area contributed by atoms with Crippen molar-refractivity contribution in [2.45, 2.75) is 0 Å². The molecule has 0 saturated carbocycles. The number of hydrogen-bond donors (Lipinski definition) is 0. The molecule has 0 aromatic heterocycles. The van der Waals surface area contributed by atoms with E-state index in [0.29, 0.717) is 12.2 Å². The van der Waals surface area contributed by atoms with E-state index in [1.54, 1.807) is 0 Å². The lowest BCUT2D eigenvalue weighted by atomic mass is 10.2. The second-order valence-electron chi connectivity index (χ2n) is 5.03. The fourth-order valence-corrected chi connectivity index (χ4v) is 4.50. The minimum Gasteiger partial charge on any atom is -0.461 e. The third kappa shape index (κ3) is 5.43. The van der Waals surface area contributed by atoms with Crippen LogP contribution < -0.4 is 0 Å². The van der Waals surface area contributed by atoms with Gasteiger partial charge >= 0.3 is 5.97 Å². The molecule has 1 fully saturated rings. The van der Waals surface area contributed by atoms with Gasteiger partial charge in [0.1, 0.15) is 6.61 Å². The van der Waals surface area contributed by atoms with Crippen molar-refractivity contribution in [3.05, 3.63) is 28.4 Å². The van der Waals surface area contributed by atoms with Crippen molar-refractivity contribution in [2.75, 3.05) is 46.4 Å². The van der Waals surface area contributed by atoms with Gasteiger partial charge in [0.05, 0.1) is 5.56 Å². The van der Waals surface area contributed by atoms with Crippen LogP contribution in [-0.2, 0) is 4.74 Å². The molecule has 0 spiro atoms. The van der Waals surface area contributed by atoms with Crippen molar-refractivity contribution >= 4 is 73.7 Å². The van der Waals surface area contributed by atoms with Gasteiger partial charge in [0.25, 0.3) is 0 Å². The summed E-state index contributed by atoms with van der Waals surface area (Å²) in [5.74, 6) is -0.218. The van der Waals surface area contributed by atoms with Crippen LogP contribution >= 0.6 is 67.8 Å². The normalized spacial score (nSPS) is 17.0. The fourth-order valence-electron chi connectivity index (χ4n) is 2.12. The van der Waals surface area contributed by atoms with Crippen LogP contribution in [0.2, 0.25) is 0 Å². The van der Waals surface area contributed by atoms with Crippen molar-refractivity contribution in [2.24, 2.45) is 0 Å². The molecule has 0 N–H and O–H groups in total. The largest absolute Gasteiger partial charge is 0.461 e. The van der Waals surface area contributed by atoms with Gasteiger partial charge in [-0.15, -0.1) is 0 Å². The molecule has 0 unspecified atom stereocenters. The second-order valence-corrected chi connectivity index (χ2v) is 8.52. The molecule has 0 bridgehead atoms. The average molecular weight is 626 g/mol. The Kier molecular flexibility index (Phi) is 7.43. The standard InChI is InChI=1S/C14H17I3N2O2/c1-18-2-4-19(5-3-18)6-7-21-14(20)11-8-10(15)9-12(16)13(11)17/h8-9H,2-7H2,1H3. The van der Waals surface area contributed by atoms with Gasteiger partial charge in [-0.25, -0.2) is 4.79 Å². The van der Waals surface area contributed by atoms with E-state index in [9.17, 15) is 4.79 Å². The zero-order valence-corrected chi connectivity index (χ0v) is 18.2. The van der Waals surface area contributed by atoms with E-state index in [4.69, 9.17) is 4.74 Å². The molecule has 0 amide bonds. The van der Waals surface area contributed by atoms with Crippen molar-refractivity contribution in [1.29, 1.82) is 0 Å². The number of ether oxygens (including phenoxy) is 1. The average Bonchev–Trinajstić information content (AvgIpc) is 2.44. The molecular weight excluding hydrogens is 609 g/mol. The first kappa shape index (κ1) is 18.1. The number of hydrogen-bond acceptors (Lipinski definition) is 4. The van der Waals surface area contributed by atoms with Crippen LogP contribution in [0.25, 0.3) is 0 Å². The molecule has 0 aliphatic carbocycles. The lowest BCUT2D eigenvalue weighted by molar-refractivity contribution is 0.0431. The number of carbonyl (C=O) groups excluding carboxylic acids is 1. The number of esters is 1. The van der Waals surface area contributed by atoms with Gasteiger partial charge in [0, 0.05) is 43.4 Å². The first-order valence-electron chi connectivity index (χ1n) is 6.70. The Hall–Kier alpha value is 0.800. The molecule has 7 heteroatoms. The van der Waals surface area contributed by atoms with Crippen LogP contribution in [0.15, 0.2) is 12.1 Å². The van der Waals surface area contributed by atoms with Crippen molar-refractivity contribution in [3.8, 4) is 0 Å². The number of likely N-dealkylation sites (N-methyl/N-ethyl adjacent to an activating group) is 1. The Morgan fingerprint density at radius 3 is 2.52 bits per heavy atom. The van der Waals surface area contributed by atoms with E-state index in [1.807, 2.05) is 6.07 Å². The molecule has 2 rings (SSSR count). The van der Waals surface area contributed by atoms with E-state index in [2.05, 4.69) is 90.7 Å². The highest BCUT2D eigenvalue weighted by molar-refractivity contribution is 14.1. The van der Waals surface area contributed by atoms with Gasteiger partial charge in [0.2, 0.25) is 0 Å². The maximum absolute atomic E-state index is 12.2. The van der Waals surface area contributed by atoms with Crippen LogP contribution in [0.4, 0.5) is 0 Å². The third-order valence-corrected chi connectivity index (χ3v) is 7.12. The fraction of sp³-hybridized carbons (Fsp3) is 0.500. The highest BCUT2D eigenvalue weighted by Gasteiger charge is 2.17. The van der Waals surface area contributed by atoms with Crippen molar-refractivity contribution < 1.29 is 9.53 Å². The van der Waals surface area contributed by atoms with Gasteiger partial charge in [0.15, 0.2) is 0 Å². The maximum atomic E-state index is 12.2. The predicted octanol–water partition coefficient (Wildman–Crippen LogP) is 2.90. The van der Waals surface area contributed by atoms with Gasteiger partial charge in [-0.1, -0.05) is 0 Å². The number of piperazine rings is 1. The quantitative estimate of drug-likeness (QED) is 0.293. The third-order valence-electron chi connectivity index (χ3n) is 3.45. The molecular formula is C14H17I3N2O2. The van der Waals surface area contributed by atoms with Crippen LogP contribution in [0.5, 0.6) is 0 Å². The summed E-state index contributed by atoms with van der Waals surface area (Å²) in [5.41, 5.74) is 0.672. The first-order valence-corrected chi connectivity index (χ1v) is 9.93. The smallest absolute Gasteiger partial charge is 0.339 e. The molecule has 116 valence electrons. The molecule has 0 atom stereocenters. The Labute approximate surface area is 166 Å². The van der Waals surface area contributed by atoms with E-state index in [1.165, 1.54) is 0 Å². The zero-order valence-electron chi connectivity index (χ0n) is 11.7. The van der Waals surface area contributed by atoms with E-state index in [-0.39, 0.29) is 5.97 Å². The number of halogens is 3. The van der Waals surface area contributed by atoms with Crippen LogP contribution in [0, 0.1) is 10.7 Å². The summed E-state index contributed by atoms with van der Waals surface area (Å²) >= 11 is 6.68. The summed E-state index contributed by atoms with van der Waals surface area (Å²) in [7, 11) is 2.14. The summed E-state index contributed by atoms with van der Waals surface area (Å²) in [6.45, 7) is 5.54. The summed E-state index contributed by atoms with van der Waals surface area (Å²) in [4.78, 5) is 16.9. The van der Waals surface area contributed by atoms with E-state index < -0.39 is 0 Å². The summed E-state index contributed by atoms with van der Waals surface area (Å²) in [6.07, 6.45) is 0. The van der Waals surface area contributed by atoms with E-state index in [0.717, 1.165) is 43.4 Å². The SMILES string of the molecule is CN1CCN(CCOC(=O)c2cc(I)cc(I)c2I)CC1. The lowest BCUT2D eigenvalue weighted by Crippen LogP contribution is -2.45. The minimum absolute atomic E-state index is 0.218. The molecule has 1 saturated heterocycles. The Morgan fingerprint density at radius 1 is 1.19 bits per heavy atom. The molecule has 1 aliphatic rings. The topological polar surface area (TPSA) is 32.8 Å². The van der Waals surface area contributed by atoms with Crippen LogP contribution in [-0.4, -0.2) is 62.1 Å².